The monoisotopic (exact) mass is 1830 g/mol. The second-order valence-corrected chi connectivity index (χ2v) is 37.1. The first kappa shape index (κ1) is 85.4. The number of aryl methyl sites for hydroxylation is 1. The summed E-state index contributed by atoms with van der Waals surface area (Å²) in [6, 6.07) is 194. The number of hydrogen-bond acceptors (Lipinski definition) is 3. The van der Waals surface area contributed by atoms with Gasteiger partial charge < -0.3 is 0 Å². The van der Waals surface area contributed by atoms with E-state index in [1.54, 1.807) is 0 Å². The fraction of sp³-hybridized carbons (Fsp3) is 0.00725. The predicted octanol–water partition coefficient (Wildman–Crippen LogP) is 36.9. The third-order valence-electron chi connectivity index (χ3n) is 28.6. The van der Waals surface area contributed by atoms with Crippen molar-refractivity contribution >= 4 is 119 Å². The smallest absolute Gasteiger partial charge is 0.145 e. The Hall–Kier alpha value is -19.0. The van der Waals surface area contributed by atoms with Crippen molar-refractivity contribution in [2.45, 2.75) is 6.92 Å². The van der Waals surface area contributed by atoms with Gasteiger partial charge in [0.05, 0.1) is 38.8 Å². The molecule has 0 N–H and O–H groups in total. The van der Waals surface area contributed by atoms with Crippen molar-refractivity contribution in [1.29, 1.82) is 0 Å². The lowest BCUT2D eigenvalue weighted by molar-refractivity contribution is 1.10. The number of benzene rings is 25. The summed E-state index contributed by atoms with van der Waals surface area (Å²) < 4.78 is 6.88. The molecule has 0 fully saturated rings. The maximum absolute atomic E-state index is 5.21. The third-order valence-corrected chi connectivity index (χ3v) is 28.6. The summed E-state index contributed by atoms with van der Waals surface area (Å²) in [6.45, 7) is 2.18. The molecule has 28 rings (SSSR count). The Balaban J connectivity index is 0.000000111. The van der Waals surface area contributed by atoms with Gasteiger partial charge in [-0.05, 0) is 262 Å². The van der Waals surface area contributed by atoms with Crippen molar-refractivity contribution in [3.05, 3.63) is 545 Å². The number of rotatable bonds is 14. The molecule has 0 unspecified atom stereocenters. The summed E-state index contributed by atoms with van der Waals surface area (Å²) in [5.74, 6) is 2.81. The highest BCUT2D eigenvalue weighted by Gasteiger charge is 2.27. The van der Waals surface area contributed by atoms with Crippen molar-refractivity contribution in [1.82, 2.24) is 28.7 Å². The van der Waals surface area contributed by atoms with Crippen LogP contribution in [-0.4, -0.2) is 28.7 Å². The van der Waals surface area contributed by atoms with E-state index in [2.05, 4.69) is 554 Å². The first-order valence-electron chi connectivity index (χ1n) is 49.4. The number of nitrogens with zero attached hydrogens (tertiary/aromatic N) is 6. The van der Waals surface area contributed by atoms with Crippen LogP contribution in [0.15, 0.2) is 540 Å². The molecule has 0 saturated heterocycles. The maximum atomic E-state index is 5.21. The average molecular weight is 1830 g/mol. The van der Waals surface area contributed by atoms with Crippen LogP contribution in [0.1, 0.15) is 5.56 Å². The normalized spacial score (nSPS) is 11.5. The second kappa shape index (κ2) is 36.7. The molecule has 0 aliphatic carbocycles. The molecule has 144 heavy (non-hydrogen) atoms. The molecule has 0 aliphatic rings. The summed E-state index contributed by atoms with van der Waals surface area (Å²) in [5, 5.41) is 19.9. The van der Waals surface area contributed by atoms with Gasteiger partial charge >= 0.3 is 0 Å². The van der Waals surface area contributed by atoms with Crippen molar-refractivity contribution in [2.24, 2.45) is 0 Å². The van der Waals surface area contributed by atoms with Crippen LogP contribution < -0.4 is 0 Å². The summed E-state index contributed by atoms with van der Waals surface area (Å²) in [7, 11) is 0. The zero-order valence-electron chi connectivity index (χ0n) is 79.1. The molecule has 0 amide bonds. The number of fused-ring (bicyclic) bond motifs is 11. The summed E-state index contributed by atoms with van der Waals surface area (Å²) >= 11 is 0. The van der Waals surface area contributed by atoms with Gasteiger partial charge in [-0.25, -0.2) is 15.0 Å². The quantitative estimate of drug-likeness (QED) is 0.102. The zero-order valence-corrected chi connectivity index (χ0v) is 79.1. The molecule has 3 heterocycles. The SMILES string of the molecule is Cc1ccc2c(-c3ccccc3)c3ccccc3c(-c3ccc(-n4c(-c5ccccc5)nc5ccccc54)cc3)c2c1.c1ccc(-c2c3ccccc3c(-c3ccc4ccccc4c3)c3ccc(-c4ccc(-n5c(-c6ccccc6)nc6ccccc65)c5ccccc45)cc23)cc1.c1ccc(-c2ccc(-c3c4ccccc4c(-c4ccccc4)c4cc(-c5nc6ccccc6n5-c5ccccc5)ccc34)cc2)cc1. The van der Waals surface area contributed by atoms with Crippen molar-refractivity contribution in [2.75, 3.05) is 0 Å². The van der Waals surface area contributed by atoms with E-state index in [1.807, 2.05) is 6.07 Å². The first-order valence-corrected chi connectivity index (χ1v) is 49.4. The molecule has 6 heteroatoms. The van der Waals surface area contributed by atoms with Crippen LogP contribution in [0.4, 0.5) is 0 Å². The fourth-order valence-electron chi connectivity index (χ4n) is 22.1. The predicted molar refractivity (Wildman–Crippen MR) is 608 cm³/mol. The Morgan fingerprint density at radius 3 is 0.910 bits per heavy atom. The maximum Gasteiger partial charge on any atom is 0.145 e. The van der Waals surface area contributed by atoms with Crippen LogP contribution in [0.3, 0.4) is 0 Å². The molecule has 0 radical (unpaired) electrons. The molecular weight excluding hydrogens is 1740 g/mol. The number of imidazole rings is 3. The van der Waals surface area contributed by atoms with E-state index in [-0.39, 0.29) is 0 Å². The minimum Gasteiger partial charge on any atom is -0.292 e. The van der Waals surface area contributed by atoms with Gasteiger partial charge in [0, 0.05) is 33.5 Å². The molecule has 0 aliphatic heterocycles. The van der Waals surface area contributed by atoms with E-state index < -0.39 is 0 Å². The summed E-state index contributed by atoms with van der Waals surface area (Å²) in [5.41, 5.74) is 33.7. The number of para-hydroxylation sites is 7. The van der Waals surface area contributed by atoms with Crippen molar-refractivity contribution < 1.29 is 0 Å². The van der Waals surface area contributed by atoms with Gasteiger partial charge in [-0.3, -0.25) is 13.7 Å². The largest absolute Gasteiger partial charge is 0.292 e. The van der Waals surface area contributed by atoms with Crippen LogP contribution in [0.25, 0.3) is 260 Å². The lowest BCUT2D eigenvalue weighted by atomic mass is 9.84. The van der Waals surface area contributed by atoms with Crippen LogP contribution in [0.2, 0.25) is 0 Å². The van der Waals surface area contributed by atoms with Gasteiger partial charge in [-0.15, -0.1) is 0 Å². The average Bonchev–Trinajstić information content (AvgIpc) is 0.880. The molecule has 674 valence electrons. The number of hydrogen-bond donors (Lipinski definition) is 0. The fourth-order valence-corrected chi connectivity index (χ4v) is 22.1. The molecule has 0 spiro atoms. The first-order chi connectivity index (χ1) is 71.4. The minimum absolute atomic E-state index is 0.931. The van der Waals surface area contributed by atoms with Gasteiger partial charge in [-0.2, -0.15) is 0 Å². The van der Waals surface area contributed by atoms with Gasteiger partial charge in [0.15, 0.2) is 0 Å². The Morgan fingerprint density at radius 1 is 0.153 bits per heavy atom. The van der Waals surface area contributed by atoms with Crippen molar-refractivity contribution in [3.63, 3.8) is 0 Å². The molecule has 0 saturated carbocycles. The van der Waals surface area contributed by atoms with Crippen LogP contribution in [0, 0.1) is 6.92 Å². The standard InChI is InChI=1S/C53H34N2.C45H30N2.C40H28N2/c1-3-16-36(17-4-1)51-44-23-11-12-24-45(44)52(40-28-27-35-15-7-8-20-38(35)33-40)46-30-29-39(34-47(46)51)41-31-32-49(43-22-10-9-21-42(41)43)55-50-26-14-13-25-48(50)54-53(55)37-18-5-2-6-19-37;1-4-14-31(15-5-1)32-24-26-34(27-25-32)43-37-20-10-11-21-38(37)44(33-16-6-2-7-17-33)40-30-35(28-29-39(40)43)45-46-41-22-12-13-23-42(41)47(45)36-18-8-3-9-19-36;1-27-20-25-34-35(26-27)39(33-17-9-8-16-32(33)38(34)28-12-4-2-5-13-28)29-21-23-31(24-22-29)42-37-19-11-10-18-36(37)41-40(42)30-14-6-3-7-15-30/h1-34H;1-30H;2-26H,1H3. The highest BCUT2D eigenvalue weighted by atomic mass is 15.1. The van der Waals surface area contributed by atoms with Crippen LogP contribution >= 0.6 is 0 Å². The highest BCUT2D eigenvalue weighted by molar-refractivity contribution is 6.26. The van der Waals surface area contributed by atoms with E-state index in [1.165, 1.54) is 181 Å². The van der Waals surface area contributed by atoms with Crippen molar-refractivity contribution in [3.8, 4) is 140 Å². The molecule has 25 aromatic carbocycles. The van der Waals surface area contributed by atoms with Gasteiger partial charge in [0.2, 0.25) is 0 Å². The van der Waals surface area contributed by atoms with Gasteiger partial charge in [0.25, 0.3) is 0 Å². The van der Waals surface area contributed by atoms with Crippen LogP contribution in [0.5, 0.6) is 0 Å². The van der Waals surface area contributed by atoms with E-state index in [0.29, 0.717) is 0 Å². The molecule has 28 aromatic rings. The van der Waals surface area contributed by atoms with Gasteiger partial charge in [0.1, 0.15) is 17.5 Å². The topological polar surface area (TPSA) is 53.5 Å². The van der Waals surface area contributed by atoms with E-state index in [0.717, 1.165) is 84.3 Å². The summed E-state index contributed by atoms with van der Waals surface area (Å²) in [6.07, 6.45) is 0. The molecular formula is C138H92N6. The lowest BCUT2D eigenvalue weighted by Crippen LogP contribution is -1.99. The summed E-state index contributed by atoms with van der Waals surface area (Å²) in [4.78, 5) is 15.4. The molecule has 0 bridgehead atoms. The Labute approximate surface area is 834 Å². The van der Waals surface area contributed by atoms with Crippen LogP contribution in [-0.2, 0) is 0 Å². The Bertz CT molecular complexity index is 9780. The van der Waals surface area contributed by atoms with E-state index in [4.69, 9.17) is 15.0 Å². The third kappa shape index (κ3) is 15.3. The van der Waals surface area contributed by atoms with E-state index >= 15 is 0 Å². The Morgan fingerprint density at radius 2 is 0.438 bits per heavy atom. The minimum atomic E-state index is 0.931. The molecule has 6 nitrogen and oxygen atoms in total. The molecule has 3 aromatic heterocycles. The van der Waals surface area contributed by atoms with Gasteiger partial charge in [-0.1, -0.05) is 461 Å². The van der Waals surface area contributed by atoms with E-state index in [9.17, 15) is 0 Å². The number of aromatic nitrogens is 6. The molecule has 0 atom stereocenters. The lowest BCUT2D eigenvalue weighted by Gasteiger charge is -2.20. The highest BCUT2D eigenvalue weighted by Crippen LogP contribution is 2.51. The zero-order chi connectivity index (χ0) is 95.5. The second-order valence-electron chi connectivity index (χ2n) is 37.1. The Kier molecular flexibility index (Phi) is 21.8.